The van der Waals surface area contributed by atoms with Gasteiger partial charge in [0.1, 0.15) is 5.82 Å². The first-order valence-corrected chi connectivity index (χ1v) is 3.40. The van der Waals surface area contributed by atoms with Gasteiger partial charge in [0.15, 0.2) is 0 Å². The third-order valence-corrected chi connectivity index (χ3v) is 0.980. The van der Waals surface area contributed by atoms with E-state index in [0.29, 0.717) is 0 Å². The summed E-state index contributed by atoms with van der Waals surface area (Å²) in [7, 11) is 0. The van der Waals surface area contributed by atoms with E-state index in [-0.39, 0.29) is 11.6 Å². The van der Waals surface area contributed by atoms with E-state index < -0.39 is 0 Å². The van der Waals surface area contributed by atoms with E-state index in [1.807, 2.05) is 13.0 Å². The number of hydrogen-bond acceptors (Lipinski definition) is 1. The average molecular weight is 175 g/mol. The van der Waals surface area contributed by atoms with Crippen LogP contribution in [0.3, 0.4) is 0 Å². The van der Waals surface area contributed by atoms with Crippen LogP contribution < -0.4 is 0 Å². The maximum atomic E-state index is 12.2. The van der Waals surface area contributed by atoms with Crippen LogP contribution in [0.2, 0.25) is 0 Å². The molecule has 0 spiro atoms. The van der Waals surface area contributed by atoms with E-state index in [0.717, 1.165) is 5.56 Å². The minimum atomic E-state index is -0.162. The summed E-state index contributed by atoms with van der Waals surface area (Å²) < 4.78 is 12.2. The van der Waals surface area contributed by atoms with E-state index in [4.69, 9.17) is 4.79 Å². The molecule has 60 valence electrons. The van der Waals surface area contributed by atoms with Gasteiger partial charge in [-0.25, -0.2) is 4.39 Å². The molecule has 0 saturated heterocycles. The zero-order chi connectivity index (χ0) is 8.69. The minimum Gasteiger partial charge on any atom is -0.285 e. The molecule has 1 nitrogen and oxygen atoms in total. The Morgan fingerprint density at radius 1 is 1.55 bits per heavy atom. The maximum absolute atomic E-state index is 12.2. The molecule has 0 fully saturated rings. The maximum Gasteiger partial charge on any atom is 0.208 e. The second-order valence-electron chi connectivity index (χ2n) is 1.89. The van der Waals surface area contributed by atoms with Crippen molar-refractivity contribution >= 4 is 17.3 Å². The Balaban J connectivity index is 0.000000292. The van der Waals surface area contributed by atoms with Crippen molar-refractivity contribution in [1.82, 2.24) is 0 Å². The van der Waals surface area contributed by atoms with Crippen LogP contribution >= 0.6 is 11.6 Å². The molecule has 0 aliphatic carbocycles. The van der Waals surface area contributed by atoms with Gasteiger partial charge in [0.2, 0.25) is 5.75 Å². The lowest BCUT2D eigenvalue weighted by Crippen LogP contribution is -1.72. The van der Waals surface area contributed by atoms with Crippen molar-refractivity contribution in [1.29, 1.82) is 0 Å². The summed E-state index contributed by atoms with van der Waals surface area (Å²) in [6.45, 7) is 1.86. The Morgan fingerprint density at radius 2 is 2.09 bits per heavy atom. The predicted octanol–water partition coefficient (Wildman–Crippen LogP) is 2.55. The van der Waals surface area contributed by atoms with Gasteiger partial charge in [-0.3, -0.25) is 4.79 Å². The molecule has 0 bridgehead atoms. The van der Waals surface area contributed by atoms with Gasteiger partial charge in [0.25, 0.3) is 0 Å². The lowest BCUT2D eigenvalue weighted by Gasteiger charge is -1.87. The van der Waals surface area contributed by atoms with Crippen molar-refractivity contribution in [2.45, 2.75) is 6.92 Å². The number of carbonyl (C=O) groups is 1. The third kappa shape index (κ3) is 5.55. The molecule has 1 aromatic rings. The number of hydrogen-bond donors (Lipinski definition) is 0. The zero-order valence-electron chi connectivity index (χ0n) is 6.05. The van der Waals surface area contributed by atoms with Gasteiger partial charge in [-0.05, 0) is 36.2 Å². The highest BCUT2D eigenvalue weighted by Crippen LogP contribution is 1.99. The van der Waals surface area contributed by atoms with Gasteiger partial charge in [-0.15, -0.1) is 0 Å². The fourth-order valence-electron chi connectivity index (χ4n) is 0.606. The summed E-state index contributed by atoms with van der Waals surface area (Å²) in [5, 5.41) is 0. The Labute approximate surface area is 69.8 Å². The monoisotopic (exact) mass is 174 g/mol. The van der Waals surface area contributed by atoms with Gasteiger partial charge in [-0.1, -0.05) is 12.1 Å². The highest BCUT2D eigenvalue weighted by atomic mass is 35.5. The largest absolute Gasteiger partial charge is 0.285 e. The number of halogens is 2. The van der Waals surface area contributed by atoms with Crippen molar-refractivity contribution in [2.75, 3.05) is 0 Å². The molecule has 3 heteroatoms. The van der Waals surface area contributed by atoms with E-state index in [2.05, 4.69) is 11.6 Å². The topological polar surface area (TPSA) is 17.1 Å². The molecule has 1 aromatic carbocycles. The number of aryl methyl sites for hydroxylation is 1. The van der Waals surface area contributed by atoms with Crippen molar-refractivity contribution in [3.63, 3.8) is 0 Å². The minimum absolute atomic E-state index is 0.162. The summed E-state index contributed by atoms with van der Waals surface area (Å²) >= 11 is 4.32. The van der Waals surface area contributed by atoms with Gasteiger partial charge in [0, 0.05) is 0 Å². The molecule has 0 radical (unpaired) electrons. The lowest BCUT2D eigenvalue weighted by molar-refractivity contribution is 0.569. The number of carbonyl (C=O) groups excluding carboxylic acids is 1. The first kappa shape index (κ1) is 10.1. The fraction of sp³-hybridized carbons (Fsp3) is 0.125. The van der Waals surface area contributed by atoms with Crippen LogP contribution in [-0.2, 0) is 4.79 Å². The lowest BCUT2D eigenvalue weighted by atomic mass is 10.2. The highest BCUT2D eigenvalue weighted by molar-refractivity contribution is 6.54. The first-order chi connectivity index (χ1) is 5.20. The number of rotatable bonds is 0. The van der Waals surface area contributed by atoms with E-state index in [1.54, 1.807) is 6.07 Å². The smallest absolute Gasteiger partial charge is 0.208 e. The summed E-state index contributed by atoms with van der Waals surface area (Å²) in [6.07, 6.45) is 0. The Kier molecular flexibility index (Phi) is 5.39. The molecule has 0 aliphatic rings. The van der Waals surface area contributed by atoms with Crippen LogP contribution in [0.15, 0.2) is 24.3 Å². The first-order valence-electron chi connectivity index (χ1n) is 2.96. The van der Waals surface area contributed by atoms with Crippen molar-refractivity contribution in [2.24, 2.45) is 0 Å². The molecule has 0 aromatic heterocycles. The van der Waals surface area contributed by atoms with E-state index in [9.17, 15) is 4.39 Å². The molecule has 11 heavy (non-hydrogen) atoms. The SMILES string of the molecule is Cc1cccc(F)c1.O=CCl. The third-order valence-electron chi connectivity index (χ3n) is 0.980. The molecule has 0 saturated carbocycles. The molecular formula is C8H8ClFO. The molecule has 0 atom stereocenters. The second kappa shape index (κ2) is 5.86. The molecule has 0 aliphatic heterocycles. The van der Waals surface area contributed by atoms with Crippen molar-refractivity contribution in [3.8, 4) is 0 Å². The summed E-state index contributed by atoms with van der Waals surface area (Å²) in [4.78, 5) is 8.57. The molecule has 0 amide bonds. The Hall–Kier alpha value is -0.890. The second-order valence-corrected chi connectivity index (χ2v) is 2.07. The Bertz CT molecular complexity index is 208. The molecule has 1 rings (SSSR count). The highest BCUT2D eigenvalue weighted by Gasteiger charge is 1.84. The van der Waals surface area contributed by atoms with E-state index >= 15 is 0 Å². The van der Waals surface area contributed by atoms with Crippen LogP contribution in [0, 0.1) is 12.7 Å². The van der Waals surface area contributed by atoms with Gasteiger partial charge < -0.3 is 0 Å². The normalized spacial score (nSPS) is 7.91. The zero-order valence-corrected chi connectivity index (χ0v) is 6.81. The summed E-state index contributed by atoms with van der Waals surface area (Å²) in [5.74, 6) is 0.0602. The van der Waals surface area contributed by atoms with Crippen LogP contribution in [0.25, 0.3) is 0 Å². The van der Waals surface area contributed by atoms with Crippen molar-refractivity contribution < 1.29 is 9.18 Å². The number of benzene rings is 1. The quantitative estimate of drug-likeness (QED) is 0.437. The average Bonchev–Trinajstić information content (AvgIpc) is 1.88. The molecule has 0 N–H and O–H groups in total. The van der Waals surface area contributed by atoms with Crippen LogP contribution in [0.5, 0.6) is 0 Å². The standard InChI is InChI=1S/C7H7F.CHClO/c1-6-3-2-4-7(8)5-6;2-1-3/h2-5H,1H3;1H. The van der Waals surface area contributed by atoms with Gasteiger partial charge in [-0.2, -0.15) is 0 Å². The molecule has 0 unspecified atom stereocenters. The summed E-state index contributed by atoms with van der Waals surface area (Å²) in [6, 6.07) is 6.50. The van der Waals surface area contributed by atoms with Gasteiger partial charge in [0.05, 0.1) is 0 Å². The van der Waals surface area contributed by atoms with Gasteiger partial charge >= 0.3 is 0 Å². The summed E-state index contributed by atoms with van der Waals surface area (Å²) in [5.41, 5.74) is 0.963. The van der Waals surface area contributed by atoms with E-state index in [1.165, 1.54) is 12.1 Å². The van der Waals surface area contributed by atoms with Crippen molar-refractivity contribution in [3.05, 3.63) is 35.6 Å². The predicted molar refractivity (Wildman–Crippen MR) is 43.7 cm³/mol. The Morgan fingerprint density at radius 3 is 2.36 bits per heavy atom. The van der Waals surface area contributed by atoms with Crippen LogP contribution in [-0.4, -0.2) is 5.75 Å². The van der Waals surface area contributed by atoms with Crippen LogP contribution in [0.4, 0.5) is 4.39 Å². The molecule has 0 heterocycles. The fourth-order valence-corrected chi connectivity index (χ4v) is 0.606. The molecular weight excluding hydrogens is 167 g/mol. The van der Waals surface area contributed by atoms with Crippen LogP contribution in [0.1, 0.15) is 5.56 Å².